The lowest BCUT2D eigenvalue weighted by Crippen LogP contribution is -2.13. The van der Waals surface area contributed by atoms with Crippen molar-refractivity contribution in [2.45, 2.75) is 6.92 Å². The largest absolute Gasteiger partial charge is 0.492 e. The monoisotopic (exact) mass is 478 g/mol. The van der Waals surface area contributed by atoms with E-state index in [9.17, 15) is 14.4 Å². The molecule has 0 spiro atoms. The predicted octanol–water partition coefficient (Wildman–Crippen LogP) is 5.10. The lowest BCUT2D eigenvalue weighted by Gasteiger charge is -2.16. The number of rotatable bonds is 8. The van der Waals surface area contributed by atoms with Crippen molar-refractivity contribution in [3.63, 3.8) is 0 Å². The third-order valence-electron chi connectivity index (χ3n) is 4.05. The Morgan fingerprint density at radius 2 is 2.30 bits per heavy atom. The molecule has 1 heterocycles. The van der Waals surface area contributed by atoms with E-state index in [2.05, 4.69) is 15.6 Å². The molecular formula is C24H23ClFN5O2. The molecular weight excluding hydrogens is 445 g/mol. The van der Waals surface area contributed by atoms with Crippen molar-refractivity contribution in [1.29, 1.82) is 5.26 Å². The SMILES string of the molecule is [2H]/C(CN(C([2H])([2H])[2H])C([2H])([2H])[2H])=C(/[2H])C(=O)Nc1cc2c(Nc3c([2H])c([2H])c(F)c(Cl)c3[2H])c(C#N)cnc2cc1OCC. The van der Waals surface area contributed by atoms with Crippen molar-refractivity contribution in [2.75, 3.05) is 37.7 Å². The van der Waals surface area contributed by atoms with Crippen LogP contribution in [0.25, 0.3) is 10.9 Å². The van der Waals surface area contributed by atoms with Crippen molar-refractivity contribution in [3.8, 4) is 11.8 Å². The molecule has 170 valence electrons. The average molecular weight is 479 g/mol. The summed E-state index contributed by atoms with van der Waals surface area (Å²) in [5.41, 5.74) is -0.504. The van der Waals surface area contributed by atoms with E-state index in [4.69, 9.17) is 31.4 Å². The van der Waals surface area contributed by atoms with E-state index in [1.165, 1.54) is 12.1 Å². The minimum absolute atomic E-state index is 0.0178. The van der Waals surface area contributed by atoms with E-state index in [1.807, 2.05) is 6.07 Å². The van der Waals surface area contributed by atoms with Crippen LogP contribution in [0.1, 0.15) is 27.6 Å². The summed E-state index contributed by atoms with van der Waals surface area (Å²) in [5.74, 6) is -2.47. The second-order valence-electron chi connectivity index (χ2n) is 6.30. The van der Waals surface area contributed by atoms with Crippen LogP contribution in [0.4, 0.5) is 21.5 Å². The summed E-state index contributed by atoms with van der Waals surface area (Å²) in [4.78, 5) is 17.2. The Hall–Kier alpha value is -3.67. The van der Waals surface area contributed by atoms with E-state index in [0.717, 1.165) is 6.20 Å². The van der Waals surface area contributed by atoms with Crippen LogP contribution in [0.15, 0.2) is 48.6 Å². The zero-order valence-electron chi connectivity index (χ0n) is 28.1. The Morgan fingerprint density at radius 3 is 3.03 bits per heavy atom. The lowest BCUT2D eigenvalue weighted by atomic mass is 10.1. The summed E-state index contributed by atoms with van der Waals surface area (Å²) < 4.78 is 105. The summed E-state index contributed by atoms with van der Waals surface area (Å²) in [5, 5.41) is 14.2. The first kappa shape index (κ1) is 13.1. The van der Waals surface area contributed by atoms with Gasteiger partial charge in [0.25, 0.3) is 0 Å². The van der Waals surface area contributed by atoms with Gasteiger partial charge in [0.15, 0.2) is 0 Å². The molecule has 0 unspecified atom stereocenters. The number of nitrogens with one attached hydrogen (secondary N) is 2. The highest BCUT2D eigenvalue weighted by Crippen LogP contribution is 2.36. The third-order valence-corrected chi connectivity index (χ3v) is 4.31. The molecule has 0 bridgehead atoms. The van der Waals surface area contributed by atoms with Gasteiger partial charge >= 0.3 is 0 Å². The topological polar surface area (TPSA) is 90.3 Å². The number of hydrogen-bond acceptors (Lipinski definition) is 6. The van der Waals surface area contributed by atoms with E-state index in [0.29, 0.717) is 0 Å². The highest BCUT2D eigenvalue weighted by molar-refractivity contribution is 6.31. The molecule has 3 aromatic rings. The number of anilines is 3. The molecule has 9 heteroatoms. The standard InChI is InChI=1S/C24H23ClFN5O2/c1-4-33-22-12-20-17(11-21(22)30-23(32)6-5-9-31(2)3)24(15(13-27)14-28-20)29-16-7-8-19(26)18(25)10-16/h5-8,10-12,14H,4,9H2,1-3H3,(H,28,29)(H,30,32)/b6-5+/i2D3,3D3,5D,6D,7D,8D,10D. The van der Waals surface area contributed by atoms with Gasteiger partial charge in [-0.3, -0.25) is 9.78 Å². The highest BCUT2D eigenvalue weighted by Gasteiger charge is 2.15. The van der Waals surface area contributed by atoms with Crippen LogP contribution in [0.5, 0.6) is 5.75 Å². The Kier molecular flexibility index (Phi) is 4.29. The number of likely N-dealkylation sites (N-methyl/N-ethyl adjacent to an activating group) is 1. The summed E-state index contributed by atoms with van der Waals surface area (Å²) in [6, 6.07) is 0.280. The molecule has 2 N–H and O–H groups in total. The fourth-order valence-corrected chi connectivity index (χ4v) is 2.86. The molecule has 1 amide bonds. The molecule has 1 aromatic heterocycles. The molecule has 0 aliphatic heterocycles. The molecule has 0 aliphatic carbocycles. The van der Waals surface area contributed by atoms with Crippen LogP contribution >= 0.6 is 11.6 Å². The van der Waals surface area contributed by atoms with Crippen molar-refractivity contribution < 1.29 is 29.0 Å². The Morgan fingerprint density at radius 1 is 1.48 bits per heavy atom. The minimum atomic E-state index is -3.16. The zero-order valence-corrected chi connectivity index (χ0v) is 17.8. The van der Waals surface area contributed by atoms with Crippen molar-refractivity contribution in [3.05, 3.63) is 65.0 Å². The average Bonchev–Trinajstić information content (AvgIpc) is 2.94. The molecule has 3 rings (SSSR count). The number of carbonyl (C=O) groups excluding carboxylic acids is 1. The fraction of sp³-hybridized carbons (Fsp3) is 0.208. The van der Waals surface area contributed by atoms with Crippen LogP contribution < -0.4 is 15.4 Å². The number of carbonyl (C=O) groups is 1. The van der Waals surface area contributed by atoms with Crippen LogP contribution in [0, 0.1) is 17.1 Å². The van der Waals surface area contributed by atoms with Crippen LogP contribution in [0.2, 0.25) is 5.02 Å². The van der Waals surface area contributed by atoms with Gasteiger partial charge in [-0.1, -0.05) is 17.7 Å². The molecule has 0 fully saturated rings. The number of ether oxygens (including phenoxy) is 1. The van der Waals surface area contributed by atoms with Gasteiger partial charge < -0.3 is 20.3 Å². The summed E-state index contributed by atoms with van der Waals surface area (Å²) in [6.45, 7) is -5.65. The third kappa shape index (κ3) is 5.98. The van der Waals surface area contributed by atoms with Gasteiger partial charge in [-0.25, -0.2) is 4.39 Å². The predicted molar refractivity (Wildman–Crippen MR) is 129 cm³/mol. The number of fused-ring (bicyclic) bond motifs is 1. The van der Waals surface area contributed by atoms with E-state index in [1.54, 1.807) is 6.92 Å². The Balaban J connectivity index is 2.15. The quantitative estimate of drug-likeness (QED) is 0.438. The second-order valence-corrected chi connectivity index (χ2v) is 6.68. The molecule has 0 atom stereocenters. The van der Waals surface area contributed by atoms with Gasteiger partial charge in [-0.05, 0) is 45.1 Å². The summed E-state index contributed by atoms with van der Waals surface area (Å²) >= 11 is 5.84. The molecule has 0 aliphatic rings. The number of hydrogen-bond donors (Lipinski definition) is 2. The molecule has 33 heavy (non-hydrogen) atoms. The van der Waals surface area contributed by atoms with Crippen molar-refractivity contribution in [2.24, 2.45) is 0 Å². The first-order valence-electron chi connectivity index (χ1n) is 14.8. The minimum Gasteiger partial charge on any atom is -0.492 e. The fourth-order valence-electron chi connectivity index (χ4n) is 2.72. The zero-order chi connectivity index (χ0) is 33.3. The molecule has 0 saturated heterocycles. The maximum Gasteiger partial charge on any atom is 0.248 e. The molecule has 0 radical (unpaired) electrons. The van der Waals surface area contributed by atoms with Gasteiger partial charge in [-0.2, -0.15) is 5.26 Å². The number of nitrogens with zero attached hydrogens (tertiary/aromatic N) is 3. The normalized spacial score (nSPS) is 17.2. The molecule has 0 saturated carbocycles. The van der Waals surface area contributed by atoms with Gasteiger partial charge in [0.2, 0.25) is 5.91 Å². The van der Waals surface area contributed by atoms with Crippen LogP contribution in [-0.4, -0.2) is 42.9 Å². The van der Waals surface area contributed by atoms with Crippen LogP contribution in [-0.2, 0) is 4.79 Å². The van der Waals surface area contributed by atoms with Crippen molar-refractivity contribution in [1.82, 2.24) is 9.88 Å². The number of benzene rings is 2. The van der Waals surface area contributed by atoms with E-state index >= 15 is 0 Å². The Bertz CT molecular complexity index is 1660. The number of halogens is 2. The van der Waals surface area contributed by atoms with Gasteiger partial charge in [-0.15, -0.1) is 0 Å². The number of aromatic nitrogens is 1. The first-order chi connectivity index (χ1) is 20.3. The van der Waals surface area contributed by atoms with Gasteiger partial charge in [0, 0.05) is 44.2 Å². The maximum atomic E-state index is 14.2. The van der Waals surface area contributed by atoms with E-state index < -0.39 is 73.2 Å². The Labute approximate surface area is 211 Å². The second kappa shape index (κ2) is 10.8. The highest BCUT2D eigenvalue weighted by atomic mass is 35.5. The van der Waals surface area contributed by atoms with E-state index in [-0.39, 0.29) is 45.1 Å². The van der Waals surface area contributed by atoms with Crippen LogP contribution in [0.3, 0.4) is 0 Å². The van der Waals surface area contributed by atoms with Gasteiger partial charge in [0.1, 0.15) is 17.6 Å². The molecule has 2 aromatic carbocycles. The number of pyridine rings is 1. The molecule has 7 nitrogen and oxygen atoms in total. The summed E-state index contributed by atoms with van der Waals surface area (Å²) in [6.07, 6.45) is 1.16. The first-order valence-corrected chi connectivity index (χ1v) is 9.68. The maximum absolute atomic E-state index is 14.2. The number of nitriles is 1. The smallest absolute Gasteiger partial charge is 0.248 e. The van der Waals surface area contributed by atoms with Crippen molar-refractivity contribution >= 4 is 45.5 Å². The lowest BCUT2D eigenvalue weighted by molar-refractivity contribution is -0.111. The summed E-state index contributed by atoms with van der Waals surface area (Å²) in [7, 11) is 0. The number of amides is 1. The van der Waals surface area contributed by atoms with Gasteiger partial charge in [0.05, 0.1) is 40.9 Å².